The molecule has 22 heavy (non-hydrogen) atoms. The second-order valence-electron chi connectivity index (χ2n) is 5.02. The number of fused-ring (bicyclic) bond motifs is 1. The van der Waals surface area contributed by atoms with E-state index in [1.807, 2.05) is 24.3 Å². The van der Waals surface area contributed by atoms with Gasteiger partial charge in [0.15, 0.2) is 0 Å². The summed E-state index contributed by atoms with van der Waals surface area (Å²) in [5, 5.41) is 2.83. The standard InChI is InChI=1S/C17H15NO4/c1-21-14-5-2-11(3-6-14)8-16(19)18-13-4-7-15-12(9-13)10-22-17(15)20/h2-7,9H,8,10H2,1H3,(H,18,19). The molecule has 3 rings (SSSR count). The van der Waals surface area contributed by atoms with Gasteiger partial charge in [-0.1, -0.05) is 12.1 Å². The van der Waals surface area contributed by atoms with Crippen LogP contribution in [0.4, 0.5) is 5.69 Å². The van der Waals surface area contributed by atoms with Gasteiger partial charge in [0.25, 0.3) is 0 Å². The molecule has 0 radical (unpaired) electrons. The molecule has 0 bridgehead atoms. The first-order chi connectivity index (χ1) is 10.7. The predicted octanol–water partition coefficient (Wildman–Crippen LogP) is 2.55. The van der Waals surface area contributed by atoms with Gasteiger partial charge in [-0.25, -0.2) is 4.79 Å². The molecule has 0 aliphatic carbocycles. The highest BCUT2D eigenvalue weighted by molar-refractivity contribution is 5.96. The minimum absolute atomic E-state index is 0.115. The number of amides is 1. The zero-order chi connectivity index (χ0) is 15.5. The highest BCUT2D eigenvalue weighted by Crippen LogP contribution is 2.23. The monoisotopic (exact) mass is 297 g/mol. The van der Waals surface area contributed by atoms with Crippen molar-refractivity contribution in [2.75, 3.05) is 12.4 Å². The molecule has 5 nitrogen and oxygen atoms in total. The molecule has 1 aliphatic rings. The summed E-state index contributed by atoms with van der Waals surface area (Å²) in [6, 6.07) is 12.5. The normalized spacial score (nSPS) is 12.5. The van der Waals surface area contributed by atoms with Crippen molar-refractivity contribution in [3.05, 3.63) is 59.2 Å². The Bertz CT molecular complexity index is 722. The van der Waals surface area contributed by atoms with E-state index in [1.54, 1.807) is 25.3 Å². The summed E-state index contributed by atoms with van der Waals surface area (Å²) in [5.74, 6) is 0.328. The van der Waals surface area contributed by atoms with Crippen LogP contribution in [0, 0.1) is 0 Å². The molecule has 0 saturated carbocycles. The third-order valence-corrected chi connectivity index (χ3v) is 3.49. The summed E-state index contributed by atoms with van der Waals surface area (Å²) >= 11 is 0. The maximum atomic E-state index is 12.1. The Morgan fingerprint density at radius 2 is 2.00 bits per heavy atom. The van der Waals surface area contributed by atoms with Gasteiger partial charge in [-0.2, -0.15) is 0 Å². The lowest BCUT2D eigenvalue weighted by Crippen LogP contribution is -2.14. The van der Waals surface area contributed by atoms with Crippen molar-refractivity contribution in [2.24, 2.45) is 0 Å². The molecule has 1 aliphatic heterocycles. The Hall–Kier alpha value is -2.82. The molecule has 0 fully saturated rings. The van der Waals surface area contributed by atoms with Gasteiger partial charge in [0.1, 0.15) is 12.4 Å². The maximum Gasteiger partial charge on any atom is 0.338 e. The van der Waals surface area contributed by atoms with E-state index < -0.39 is 0 Å². The van der Waals surface area contributed by atoms with Gasteiger partial charge in [0.2, 0.25) is 5.91 Å². The minimum Gasteiger partial charge on any atom is -0.497 e. The summed E-state index contributed by atoms with van der Waals surface area (Å²) in [5.41, 5.74) is 2.92. The van der Waals surface area contributed by atoms with E-state index in [0.717, 1.165) is 16.9 Å². The average Bonchev–Trinajstić information content (AvgIpc) is 2.89. The summed E-state index contributed by atoms with van der Waals surface area (Å²) in [4.78, 5) is 23.4. The van der Waals surface area contributed by atoms with Gasteiger partial charge in [-0.05, 0) is 35.9 Å². The smallest absolute Gasteiger partial charge is 0.338 e. The van der Waals surface area contributed by atoms with Crippen molar-refractivity contribution in [3.8, 4) is 5.75 Å². The van der Waals surface area contributed by atoms with Gasteiger partial charge in [-0.3, -0.25) is 4.79 Å². The molecule has 2 aromatic carbocycles. The van der Waals surface area contributed by atoms with Gasteiger partial charge in [-0.15, -0.1) is 0 Å². The highest BCUT2D eigenvalue weighted by atomic mass is 16.5. The number of carbonyl (C=O) groups excluding carboxylic acids is 2. The molecule has 5 heteroatoms. The molecule has 0 aromatic heterocycles. The number of esters is 1. The molecule has 1 heterocycles. The fourth-order valence-electron chi connectivity index (χ4n) is 2.35. The number of hydrogen-bond acceptors (Lipinski definition) is 4. The molecule has 112 valence electrons. The van der Waals surface area contributed by atoms with Crippen LogP contribution >= 0.6 is 0 Å². The van der Waals surface area contributed by atoms with Crippen molar-refractivity contribution < 1.29 is 19.1 Å². The van der Waals surface area contributed by atoms with E-state index >= 15 is 0 Å². The highest BCUT2D eigenvalue weighted by Gasteiger charge is 2.21. The minimum atomic E-state index is -0.314. The molecule has 1 amide bonds. The van der Waals surface area contributed by atoms with Crippen LogP contribution in [0.1, 0.15) is 21.5 Å². The number of benzene rings is 2. The third-order valence-electron chi connectivity index (χ3n) is 3.49. The zero-order valence-corrected chi connectivity index (χ0v) is 12.1. The van der Waals surface area contributed by atoms with Crippen LogP contribution in [0.5, 0.6) is 5.75 Å². The third kappa shape index (κ3) is 2.93. The van der Waals surface area contributed by atoms with Crippen LogP contribution < -0.4 is 10.1 Å². The van der Waals surface area contributed by atoms with Crippen molar-refractivity contribution >= 4 is 17.6 Å². The molecular formula is C17H15NO4. The lowest BCUT2D eigenvalue weighted by atomic mass is 10.1. The fourth-order valence-corrected chi connectivity index (χ4v) is 2.35. The van der Waals surface area contributed by atoms with Gasteiger partial charge >= 0.3 is 5.97 Å². The second-order valence-corrected chi connectivity index (χ2v) is 5.02. The number of rotatable bonds is 4. The van der Waals surface area contributed by atoms with Gasteiger partial charge in [0.05, 0.1) is 19.1 Å². The number of methoxy groups -OCH3 is 1. The Labute approximate surface area is 127 Å². The fraction of sp³-hybridized carbons (Fsp3) is 0.176. The van der Waals surface area contributed by atoms with Gasteiger partial charge in [0, 0.05) is 11.3 Å². The van der Waals surface area contributed by atoms with E-state index in [1.165, 1.54) is 0 Å². The number of carbonyl (C=O) groups is 2. The van der Waals surface area contributed by atoms with Crippen LogP contribution in [0.3, 0.4) is 0 Å². The van der Waals surface area contributed by atoms with E-state index in [9.17, 15) is 9.59 Å². The van der Waals surface area contributed by atoms with Crippen molar-refractivity contribution in [2.45, 2.75) is 13.0 Å². The quantitative estimate of drug-likeness (QED) is 0.881. The average molecular weight is 297 g/mol. The Kier molecular flexibility index (Phi) is 3.78. The van der Waals surface area contributed by atoms with Crippen LogP contribution in [0.15, 0.2) is 42.5 Å². The molecular weight excluding hydrogens is 282 g/mol. The molecule has 0 saturated heterocycles. The number of anilines is 1. The Morgan fingerprint density at radius 3 is 2.73 bits per heavy atom. The molecule has 2 aromatic rings. The van der Waals surface area contributed by atoms with E-state index in [4.69, 9.17) is 9.47 Å². The van der Waals surface area contributed by atoms with Crippen LogP contribution in [0.2, 0.25) is 0 Å². The zero-order valence-electron chi connectivity index (χ0n) is 12.1. The summed E-state index contributed by atoms with van der Waals surface area (Å²) in [7, 11) is 1.60. The first-order valence-electron chi connectivity index (χ1n) is 6.88. The first-order valence-corrected chi connectivity index (χ1v) is 6.88. The summed E-state index contributed by atoms with van der Waals surface area (Å²) in [6.07, 6.45) is 0.274. The topological polar surface area (TPSA) is 64.6 Å². The number of hydrogen-bond donors (Lipinski definition) is 1. The SMILES string of the molecule is COc1ccc(CC(=O)Nc2ccc3c(c2)COC3=O)cc1. The summed E-state index contributed by atoms with van der Waals surface area (Å²) < 4.78 is 10.0. The lowest BCUT2D eigenvalue weighted by Gasteiger charge is -2.07. The van der Waals surface area contributed by atoms with Gasteiger partial charge < -0.3 is 14.8 Å². The molecule has 0 spiro atoms. The number of nitrogens with one attached hydrogen (secondary N) is 1. The molecule has 0 atom stereocenters. The predicted molar refractivity (Wildman–Crippen MR) is 80.9 cm³/mol. The van der Waals surface area contributed by atoms with Crippen molar-refractivity contribution in [1.29, 1.82) is 0 Å². The lowest BCUT2D eigenvalue weighted by molar-refractivity contribution is -0.115. The van der Waals surface area contributed by atoms with E-state index in [0.29, 0.717) is 11.3 Å². The Morgan fingerprint density at radius 1 is 1.23 bits per heavy atom. The number of ether oxygens (including phenoxy) is 2. The number of cyclic esters (lactones) is 1. The summed E-state index contributed by atoms with van der Waals surface area (Å²) in [6.45, 7) is 0.260. The van der Waals surface area contributed by atoms with Crippen LogP contribution in [-0.2, 0) is 22.6 Å². The van der Waals surface area contributed by atoms with E-state index in [2.05, 4.69) is 5.32 Å². The molecule has 1 N–H and O–H groups in total. The van der Waals surface area contributed by atoms with Crippen LogP contribution in [0.25, 0.3) is 0 Å². The second kappa shape index (κ2) is 5.89. The Balaban J connectivity index is 1.65. The van der Waals surface area contributed by atoms with E-state index in [-0.39, 0.29) is 24.9 Å². The maximum absolute atomic E-state index is 12.1. The van der Waals surface area contributed by atoms with Crippen molar-refractivity contribution in [1.82, 2.24) is 0 Å². The molecule has 0 unspecified atom stereocenters. The van der Waals surface area contributed by atoms with Crippen LogP contribution in [-0.4, -0.2) is 19.0 Å². The first kappa shape index (κ1) is 14.1. The van der Waals surface area contributed by atoms with Crippen molar-refractivity contribution in [3.63, 3.8) is 0 Å². The largest absolute Gasteiger partial charge is 0.497 e.